The van der Waals surface area contributed by atoms with E-state index in [9.17, 15) is 0 Å². The molecule has 12 heavy (non-hydrogen) atoms. The Morgan fingerprint density at radius 3 is 2.33 bits per heavy atom. The molecule has 0 aliphatic heterocycles. The van der Waals surface area contributed by atoms with Gasteiger partial charge in [0.2, 0.25) is 0 Å². The van der Waals surface area contributed by atoms with Crippen LogP contribution < -0.4 is 5.32 Å². The molecule has 0 heterocycles. The van der Waals surface area contributed by atoms with Gasteiger partial charge >= 0.3 is 0 Å². The predicted octanol–water partition coefficient (Wildman–Crippen LogP) is 1.90. The summed E-state index contributed by atoms with van der Waals surface area (Å²) in [6, 6.07) is 0. The van der Waals surface area contributed by atoms with Crippen molar-refractivity contribution in [1.82, 2.24) is 5.32 Å². The highest BCUT2D eigenvalue weighted by Crippen LogP contribution is 2.24. The molecule has 0 radical (unpaired) electrons. The van der Waals surface area contributed by atoms with Gasteiger partial charge in [0.25, 0.3) is 0 Å². The highest BCUT2D eigenvalue weighted by Gasteiger charge is 2.21. The molecule has 0 aromatic rings. The van der Waals surface area contributed by atoms with Crippen molar-refractivity contribution < 1.29 is 4.74 Å². The Morgan fingerprint density at radius 1 is 1.33 bits per heavy atom. The first-order valence-electron chi connectivity index (χ1n) is 4.70. The molecule has 0 saturated carbocycles. The van der Waals surface area contributed by atoms with Crippen LogP contribution in [0.1, 0.15) is 27.7 Å². The Bertz CT molecular complexity index is 110. The molecule has 0 aromatic carbocycles. The first kappa shape index (κ1) is 11.9. The molecule has 0 bridgehead atoms. The standard InChI is InChI=1S/C10H23NO/c1-9(2)10(3,4)8-11-6-7-12-5/h9,11H,6-8H2,1-5H3. The van der Waals surface area contributed by atoms with Crippen LogP contribution in [-0.4, -0.2) is 26.8 Å². The molecular formula is C10H23NO. The third-order valence-electron chi connectivity index (χ3n) is 2.63. The molecule has 0 rings (SSSR count). The lowest BCUT2D eigenvalue weighted by Gasteiger charge is -2.29. The predicted molar refractivity (Wildman–Crippen MR) is 53.4 cm³/mol. The quantitative estimate of drug-likeness (QED) is 0.619. The van der Waals surface area contributed by atoms with Crippen molar-refractivity contribution >= 4 is 0 Å². The zero-order valence-corrected chi connectivity index (χ0v) is 9.11. The summed E-state index contributed by atoms with van der Waals surface area (Å²) in [7, 11) is 1.73. The summed E-state index contributed by atoms with van der Waals surface area (Å²) in [5.74, 6) is 0.715. The summed E-state index contributed by atoms with van der Waals surface area (Å²) in [6.45, 7) is 11.9. The van der Waals surface area contributed by atoms with Gasteiger partial charge in [-0.1, -0.05) is 27.7 Å². The number of methoxy groups -OCH3 is 1. The van der Waals surface area contributed by atoms with E-state index >= 15 is 0 Å². The van der Waals surface area contributed by atoms with E-state index in [4.69, 9.17) is 4.74 Å². The molecule has 0 amide bonds. The average Bonchev–Trinajstić information content (AvgIpc) is 1.98. The summed E-state index contributed by atoms with van der Waals surface area (Å²) in [6.07, 6.45) is 0. The molecule has 2 nitrogen and oxygen atoms in total. The molecule has 0 fully saturated rings. The Morgan fingerprint density at radius 2 is 1.92 bits per heavy atom. The van der Waals surface area contributed by atoms with E-state index in [-0.39, 0.29) is 0 Å². The smallest absolute Gasteiger partial charge is 0.0587 e. The number of ether oxygens (including phenoxy) is 1. The number of hydrogen-bond acceptors (Lipinski definition) is 2. The van der Waals surface area contributed by atoms with Gasteiger partial charge in [0, 0.05) is 20.2 Å². The van der Waals surface area contributed by atoms with Gasteiger partial charge in [-0.2, -0.15) is 0 Å². The van der Waals surface area contributed by atoms with Crippen LogP contribution in [0.2, 0.25) is 0 Å². The van der Waals surface area contributed by atoms with Crippen LogP contribution in [0.15, 0.2) is 0 Å². The van der Waals surface area contributed by atoms with Crippen molar-refractivity contribution in [1.29, 1.82) is 0 Å². The lowest BCUT2D eigenvalue weighted by atomic mass is 9.81. The fraction of sp³-hybridized carbons (Fsp3) is 1.00. The van der Waals surface area contributed by atoms with E-state index in [1.807, 2.05) is 0 Å². The monoisotopic (exact) mass is 173 g/mol. The third kappa shape index (κ3) is 4.73. The summed E-state index contributed by atoms with van der Waals surface area (Å²) in [5, 5.41) is 3.38. The van der Waals surface area contributed by atoms with Gasteiger partial charge in [0.05, 0.1) is 6.61 Å². The van der Waals surface area contributed by atoms with Crippen molar-refractivity contribution in [2.45, 2.75) is 27.7 Å². The maximum Gasteiger partial charge on any atom is 0.0587 e. The zero-order chi connectivity index (χ0) is 9.61. The van der Waals surface area contributed by atoms with Gasteiger partial charge in [-0.25, -0.2) is 0 Å². The fourth-order valence-electron chi connectivity index (χ4n) is 0.789. The van der Waals surface area contributed by atoms with Gasteiger partial charge in [-0.05, 0) is 11.3 Å². The number of hydrogen-bond donors (Lipinski definition) is 1. The molecule has 0 aliphatic carbocycles. The number of rotatable bonds is 6. The van der Waals surface area contributed by atoms with Crippen molar-refractivity contribution in [3.05, 3.63) is 0 Å². The lowest BCUT2D eigenvalue weighted by molar-refractivity contribution is 0.184. The van der Waals surface area contributed by atoms with E-state index in [0.717, 1.165) is 19.7 Å². The molecular weight excluding hydrogens is 150 g/mol. The van der Waals surface area contributed by atoms with Gasteiger partial charge in [0.1, 0.15) is 0 Å². The first-order chi connectivity index (χ1) is 5.50. The van der Waals surface area contributed by atoms with Crippen LogP contribution in [0, 0.1) is 11.3 Å². The Kier molecular flexibility index (Phi) is 5.51. The molecule has 2 heteroatoms. The molecule has 0 unspecified atom stereocenters. The molecule has 0 aromatic heterocycles. The van der Waals surface area contributed by atoms with Gasteiger partial charge in [0.15, 0.2) is 0 Å². The summed E-state index contributed by atoms with van der Waals surface area (Å²) < 4.78 is 4.95. The second-order valence-corrected chi connectivity index (χ2v) is 4.31. The summed E-state index contributed by atoms with van der Waals surface area (Å²) in [4.78, 5) is 0. The molecule has 1 N–H and O–H groups in total. The maximum atomic E-state index is 4.95. The minimum atomic E-state index is 0.383. The topological polar surface area (TPSA) is 21.3 Å². The maximum absolute atomic E-state index is 4.95. The molecule has 0 saturated heterocycles. The van der Waals surface area contributed by atoms with Crippen molar-refractivity contribution in [3.8, 4) is 0 Å². The average molecular weight is 173 g/mol. The first-order valence-corrected chi connectivity index (χ1v) is 4.70. The second-order valence-electron chi connectivity index (χ2n) is 4.31. The van der Waals surface area contributed by atoms with Crippen molar-refractivity contribution in [2.24, 2.45) is 11.3 Å². The molecule has 0 aliphatic rings. The minimum Gasteiger partial charge on any atom is -0.383 e. The van der Waals surface area contributed by atoms with E-state index in [2.05, 4.69) is 33.0 Å². The number of nitrogens with one attached hydrogen (secondary N) is 1. The lowest BCUT2D eigenvalue weighted by Crippen LogP contribution is -2.34. The minimum absolute atomic E-state index is 0.383. The Labute approximate surface area is 76.7 Å². The Hall–Kier alpha value is -0.0800. The third-order valence-corrected chi connectivity index (χ3v) is 2.63. The van der Waals surface area contributed by atoms with Crippen LogP contribution in [0.3, 0.4) is 0 Å². The molecule has 0 spiro atoms. The van der Waals surface area contributed by atoms with Gasteiger partial charge < -0.3 is 10.1 Å². The van der Waals surface area contributed by atoms with Gasteiger partial charge in [-0.3, -0.25) is 0 Å². The highest BCUT2D eigenvalue weighted by atomic mass is 16.5. The van der Waals surface area contributed by atoms with E-state index in [0.29, 0.717) is 11.3 Å². The van der Waals surface area contributed by atoms with E-state index in [1.165, 1.54) is 0 Å². The van der Waals surface area contributed by atoms with Crippen LogP contribution in [0.4, 0.5) is 0 Å². The van der Waals surface area contributed by atoms with E-state index in [1.54, 1.807) is 7.11 Å². The van der Waals surface area contributed by atoms with Crippen LogP contribution in [-0.2, 0) is 4.74 Å². The fourth-order valence-corrected chi connectivity index (χ4v) is 0.789. The van der Waals surface area contributed by atoms with Crippen molar-refractivity contribution in [3.63, 3.8) is 0 Å². The highest BCUT2D eigenvalue weighted by molar-refractivity contribution is 4.74. The normalized spacial score (nSPS) is 12.5. The van der Waals surface area contributed by atoms with Crippen LogP contribution in [0.5, 0.6) is 0 Å². The second kappa shape index (κ2) is 5.55. The molecule has 74 valence electrons. The van der Waals surface area contributed by atoms with Crippen LogP contribution in [0.25, 0.3) is 0 Å². The Balaban J connectivity index is 3.47. The summed E-state index contributed by atoms with van der Waals surface area (Å²) >= 11 is 0. The van der Waals surface area contributed by atoms with E-state index < -0.39 is 0 Å². The SMILES string of the molecule is COCCNCC(C)(C)C(C)C. The summed E-state index contributed by atoms with van der Waals surface area (Å²) in [5.41, 5.74) is 0.383. The largest absolute Gasteiger partial charge is 0.383 e. The van der Waals surface area contributed by atoms with Gasteiger partial charge in [-0.15, -0.1) is 0 Å². The van der Waals surface area contributed by atoms with Crippen molar-refractivity contribution in [2.75, 3.05) is 26.8 Å². The van der Waals surface area contributed by atoms with Crippen LogP contribution >= 0.6 is 0 Å². The zero-order valence-electron chi connectivity index (χ0n) is 9.11. The molecule has 0 atom stereocenters.